The van der Waals surface area contributed by atoms with E-state index in [4.69, 9.17) is 0 Å². The molecule has 1 aromatic rings. The van der Waals surface area contributed by atoms with Crippen LogP contribution in [0.25, 0.3) is 0 Å². The van der Waals surface area contributed by atoms with E-state index in [2.05, 4.69) is 16.6 Å². The van der Waals surface area contributed by atoms with Gasteiger partial charge in [0, 0.05) is 19.3 Å². The van der Waals surface area contributed by atoms with E-state index < -0.39 is 16.0 Å². The van der Waals surface area contributed by atoms with Crippen molar-refractivity contribution in [1.29, 1.82) is 0 Å². The highest BCUT2D eigenvalue weighted by Gasteiger charge is 2.19. The normalized spacial score (nSPS) is 11.2. The predicted octanol–water partition coefficient (Wildman–Crippen LogP) is 1.08. The third-order valence-electron chi connectivity index (χ3n) is 2.61. The molecule has 0 amide bonds. The molecule has 20 heavy (non-hydrogen) atoms. The van der Waals surface area contributed by atoms with Gasteiger partial charge in [0.15, 0.2) is 0 Å². The van der Waals surface area contributed by atoms with Crippen molar-refractivity contribution >= 4 is 21.7 Å². The van der Waals surface area contributed by atoms with Gasteiger partial charge in [-0.2, -0.15) is 4.31 Å². The molecular formula is C13H18N2O4S. The molecule has 0 atom stereocenters. The first-order valence-electron chi connectivity index (χ1n) is 5.89. The van der Waals surface area contributed by atoms with Crippen LogP contribution in [0, 0.1) is 0 Å². The highest BCUT2D eigenvalue weighted by Crippen LogP contribution is 2.17. The summed E-state index contributed by atoms with van der Waals surface area (Å²) in [6, 6.07) is 6.15. The largest absolute Gasteiger partial charge is 0.468 e. The maximum absolute atomic E-state index is 12.1. The maximum atomic E-state index is 12.1. The van der Waals surface area contributed by atoms with E-state index in [-0.39, 0.29) is 18.0 Å². The van der Waals surface area contributed by atoms with Crippen molar-refractivity contribution in [3.05, 3.63) is 36.9 Å². The SMILES string of the molecule is C=CCN(C)S(=O)(=O)c1ccc(NCC(=O)OC)cc1. The summed E-state index contributed by atoms with van der Waals surface area (Å²) in [5.74, 6) is -0.396. The van der Waals surface area contributed by atoms with Crippen molar-refractivity contribution in [1.82, 2.24) is 4.31 Å². The minimum Gasteiger partial charge on any atom is -0.468 e. The second kappa shape index (κ2) is 7.06. The number of sulfonamides is 1. The van der Waals surface area contributed by atoms with E-state index in [1.54, 1.807) is 12.1 Å². The highest BCUT2D eigenvalue weighted by atomic mass is 32.2. The Balaban J connectivity index is 2.80. The summed E-state index contributed by atoms with van der Waals surface area (Å²) < 4.78 is 30.0. The molecule has 0 radical (unpaired) electrons. The molecule has 0 bridgehead atoms. The van der Waals surface area contributed by atoms with Crippen molar-refractivity contribution < 1.29 is 17.9 Å². The molecule has 0 aliphatic carbocycles. The van der Waals surface area contributed by atoms with Crippen LogP contribution >= 0.6 is 0 Å². The van der Waals surface area contributed by atoms with E-state index >= 15 is 0 Å². The molecule has 1 N–H and O–H groups in total. The molecule has 0 aromatic heterocycles. The minimum atomic E-state index is -3.51. The van der Waals surface area contributed by atoms with Crippen molar-refractivity contribution in [3.63, 3.8) is 0 Å². The summed E-state index contributed by atoms with van der Waals surface area (Å²) in [7, 11) is -0.724. The standard InChI is InChI=1S/C13H18N2O4S/c1-4-9-15(2)20(17,18)12-7-5-11(6-8-12)14-10-13(16)19-3/h4-8,14H,1,9-10H2,2-3H3. The van der Waals surface area contributed by atoms with Crippen LogP contribution in [-0.4, -0.2) is 45.9 Å². The Kier molecular flexibility index (Phi) is 5.72. The number of carbonyl (C=O) groups excluding carboxylic acids is 1. The van der Waals surface area contributed by atoms with E-state index in [0.29, 0.717) is 5.69 Å². The van der Waals surface area contributed by atoms with Gasteiger partial charge in [0.05, 0.1) is 12.0 Å². The number of anilines is 1. The quantitative estimate of drug-likeness (QED) is 0.602. The Morgan fingerprint density at radius 3 is 2.50 bits per heavy atom. The number of methoxy groups -OCH3 is 1. The van der Waals surface area contributed by atoms with Crippen LogP contribution in [0.4, 0.5) is 5.69 Å². The van der Waals surface area contributed by atoms with Crippen molar-refractivity contribution in [2.45, 2.75) is 4.90 Å². The zero-order valence-corrected chi connectivity index (χ0v) is 12.3. The monoisotopic (exact) mass is 298 g/mol. The van der Waals surface area contributed by atoms with Crippen LogP contribution in [0.5, 0.6) is 0 Å². The third kappa shape index (κ3) is 4.07. The van der Waals surface area contributed by atoms with Gasteiger partial charge in [-0.25, -0.2) is 8.42 Å². The molecule has 0 unspecified atom stereocenters. The van der Waals surface area contributed by atoms with Gasteiger partial charge in [0.1, 0.15) is 6.54 Å². The molecule has 6 nitrogen and oxygen atoms in total. The van der Waals surface area contributed by atoms with E-state index in [9.17, 15) is 13.2 Å². The van der Waals surface area contributed by atoms with Crippen molar-refractivity contribution in [2.24, 2.45) is 0 Å². The van der Waals surface area contributed by atoms with E-state index in [0.717, 1.165) is 0 Å². The summed E-state index contributed by atoms with van der Waals surface area (Å²) in [6.07, 6.45) is 1.52. The lowest BCUT2D eigenvalue weighted by atomic mass is 10.3. The third-order valence-corrected chi connectivity index (χ3v) is 4.45. The first kappa shape index (κ1) is 16.2. The summed E-state index contributed by atoms with van der Waals surface area (Å²) in [5.41, 5.74) is 0.640. The zero-order valence-electron chi connectivity index (χ0n) is 11.5. The van der Waals surface area contributed by atoms with Gasteiger partial charge in [-0.1, -0.05) is 6.08 Å². The molecule has 0 spiro atoms. The van der Waals surface area contributed by atoms with Crippen LogP contribution in [0.3, 0.4) is 0 Å². The Morgan fingerprint density at radius 2 is 2.00 bits per heavy atom. The molecule has 7 heteroatoms. The average Bonchev–Trinajstić information content (AvgIpc) is 2.45. The van der Waals surface area contributed by atoms with Gasteiger partial charge in [-0.15, -0.1) is 6.58 Å². The molecule has 1 rings (SSSR count). The van der Waals surface area contributed by atoms with Crippen LogP contribution in [-0.2, 0) is 19.6 Å². The lowest BCUT2D eigenvalue weighted by molar-refractivity contribution is -0.138. The second-order valence-corrected chi connectivity index (χ2v) is 6.07. The topological polar surface area (TPSA) is 75.7 Å². The predicted molar refractivity (Wildman–Crippen MR) is 77.0 cm³/mol. The van der Waals surface area contributed by atoms with Crippen molar-refractivity contribution in [3.8, 4) is 0 Å². The Hall–Kier alpha value is -1.86. The van der Waals surface area contributed by atoms with E-state index in [1.807, 2.05) is 0 Å². The van der Waals surface area contributed by atoms with Gasteiger partial charge in [-0.05, 0) is 24.3 Å². The van der Waals surface area contributed by atoms with Gasteiger partial charge >= 0.3 is 5.97 Å². The number of rotatable bonds is 7. The van der Waals surface area contributed by atoms with Crippen LogP contribution in [0.2, 0.25) is 0 Å². The van der Waals surface area contributed by atoms with Crippen LogP contribution < -0.4 is 5.32 Å². The fourth-order valence-electron chi connectivity index (χ4n) is 1.45. The number of carbonyl (C=O) groups is 1. The average molecular weight is 298 g/mol. The molecule has 110 valence electrons. The molecule has 0 aliphatic heterocycles. The summed E-state index contributed by atoms with van der Waals surface area (Å²) in [5, 5.41) is 2.83. The van der Waals surface area contributed by atoms with Gasteiger partial charge in [0.2, 0.25) is 10.0 Å². The number of esters is 1. The Labute approximate surface area is 119 Å². The number of hydrogen-bond acceptors (Lipinski definition) is 5. The molecule has 0 fully saturated rings. The molecule has 1 aromatic carbocycles. The Morgan fingerprint density at radius 1 is 1.40 bits per heavy atom. The number of nitrogens with one attached hydrogen (secondary N) is 1. The number of benzene rings is 1. The van der Waals surface area contributed by atoms with Crippen LogP contribution in [0.15, 0.2) is 41.8 Å². The molecule has 0 aliphatic rings. The fraction of sp³-hybridized carbons (Fsp3) is 0.308. The molecule has 0 saturated heterocycles. The smallest absolute Gasteiger partial charge is 0.325 e. The van der Waals surface area contributed by atoms with Crippen molar-refractivity contribution in [2.75, 3.05) is 32.6 Å². The van der Waals surface area contributed by atoms with Crippen LogP contribution in [0.1, 0.15) is 0 Å². The Bertz CT molecular complexity index is 567. The number of ether oxygens (including phenoxy) is 1. The summed E-state index contributed by atoms with van der Waals surface area (Å²) >= 11 is 0. The lowest BCUT2D eigenvalue weighted by Crippen LogP contribution is -2.26. The van der Waals surface area contributed by atoms with Gasteiger partial charge in [-0.3, -0.25) is 4.79 Å². The number of likely N-dealkylation sites (N-methyl/N-ethyl adjacent to an activating group) is 1. The first-order valence-corrected chi connectivity index (χ1v) is 7.34. The van der Waals surface area contributed by atoms with E-state index in [1.165, 1.54) is 36.7 Å². The number of nitrogens with zero attached hydrogens (tertiary/aromatic N) is 1. The first-order chi connectivity index (χ1) is 9.41. The maximum Gasteiger partial charge on any atom is 0.325 e. The second-order valence-electron chi connectivity index (χ2n) is 4.03. The highest BCUT2D eigenvalue weighted by molar-refractivity contribution is 7.89. The lowest BCUT2D eigenvalue weighted by Gasteiger charge is -2.15. The molecule has 0 heterocycles. The minimum absolute atomic E-state index is 0.0267. The summed E-state index contributed by atoms with van der Waals surface area (Å²) in [6.45, 7) is 3.78. The molecule has 0 saturated carbocycles. The van der Waals surface area contributed by atoms with Gasteiger partial charge in [0.25, 0.3) is 0 Å². The fourth-order valence-corrected chi connectivity index (χ4v) is 2.59. The van der Waals surface area contributed by atoms with Gasteiger partial charge < -0.3 is 10.1 Å². The number of hydrogen-bond donors (Lipinski definition) is 1. The zero-order chi connectivity index (χ0) is 15.2. The summed E-state index contributed by atoms with van der Waals surface area (Å²) in [4.78, 5) is 11.2. The molecular weight excluding hydrogens is 280 g/mol.